The summed E-state index contributed by atoms with van der Waals surface area (Å²) in [5.74, 6) is 1.45. The van der Waals surface area contributed by atoms with Crippen molar-refractivity contribution in [3.05, 3.63) is 50.6 Å². The maximum absolute atomic E-state index is 12.0. The predicted octanol–water partition coefficient (Wildman–Crippen LogP) is 3.39. The molecule has 1 aliphatic rings. The van der Waals surface area contributed by atoms with Crippen LogP contribution < -0.4 is 11.4 Å². The lowest BCUT2D eigenvalue weighted by Crippen LogP contribution is -2.15. The molecule has 1 fully saturated rings. The molecule has 1 amide bonds. The van der Waals surface area contributed by atoms with E-state index in [0.717, 1.165) is 35.2 Å². The van der Waals surface area contributed by atoms with E-state index in [1.54, 1.807) is 6.07 Å². The summed E-state index contributed by atoms with van der Waals surface area (Å²) in [5.41, 5.74) is 7.09. The van der Waals surface area contributed by atoms with E-state index in [-0.39, 0.29) is 12.3 Å². The first kappa shape index (κ1) is 19.0. The molecule has 0 spiro atoms. The van der Waals surface area contributed by atoms with E-state index in [1.165, 1.54) is 17.8 Å². The quantitative estimate of drug-likeness (QED) is 0.465. The Balaban J connectivity index is 1.64. The number of primary amides is 1. The molecule has 0 saturated heterocycles. The zero-order valence-electron chi connectivity index (χ0n) is 15.3. The van der Waals surface area contributed by atoms with Crippen molar-refractivity contribution in [1.82, 2.24) is 14.8 Å². The van der Waals surface area contributed by atoms with Gasteiger partial charge in [-0.3, -0.25) is 4.79 Å². The number of nitrogens with two attached hydrogens (primary N) is 1. The molecule has 4 rings (SSSR count). The summed E-state index contributed by atoms with van der Waals surface area (Å²) in [7, 11) is 0. The molecule has 0 aliphatic heterocycles. The Labute approximate surface area is 170 Å². The van der Waals surface area contributed by atoms with Crippen LogP contribution in [0.4, 0.5) is 0 Å². The van der Waals surface area contributed by atoms with Gasteiger partial charge in [0.05, 0.1) is 0 Å². The molecule has 9 heteroatoms. The molecule has 7 nitrogen and oxygen atoms in total. The van der Waals surface area contributed by atoms with Gasteiger partial charge >= 0.3 is 5.63 Å². The van der Waals surface area contributed by atoms with Crippen molar-refractivity contribution in [3.8, 4) is 0 Å². The summed E-state index contributed by atoms with van der Waals surface area (Å²) in [6.45, 7) is 2.32. The summed E-state index contributed by atoms with van der Waals surface area (Å²) < 4.78 is 7.28. The minimum absolute atomic E-state index is 0.234. The average Bonchev–Trinajstić information content (AvgIpc) is 3.40. The van der Waals surface area contributed by atoms with Crippen molar-refractivity contribution in [2.24, 2.45) is 5.73 Å². The number of rotatable bonds is 7. The maximum atomic E-state index is 12.0. The molecule has 3 aromatic rings. The normalized spacial score (nSPS) is 13.9. The maximum Gasteiger partial charge on any atom is 0.336 e. The minimum Gasteiger partial charge on any atom is -0.423 e. The molecular weight excluding hydrogens is 400 g/mol. The van der Waals surface area contributed by atoms with Crippen LogP contribution in [-0.2, 0) is 17.1 Å². The molecule has 1 aliphatic carbocycles. The largest absolute Gasteiger partial charge is 0.423 e. The number of nitrogens with zero attached hydrogens (tertiary/aromatic N) is 3. The number of halogens is 1. The molecule has 2 aromatic heterocycles. The number of carbonyl (C=O) groups is 1. The summed E-state index contributed by atoms with van der Waals surface area (Å²) in [6.07, 6.45) is 2.40. The smallest absolute Gasteiger partial charge is 0.336 e. The SMILES string of the molecule is Cc1cc2oc(=O)cc(CSc3nnc(C4CC4)n3CCC(N)=O)c2cc1Cl. The first-order valence-electron chi connectivity index (χ1n) is 8.99. The fraction of sp³-hybridized carbons (Fsp3) is 0.368. The zero-order chi connectivity index (χ0) is 19.8. The number of amides is 1. The second kappa shape index (κ2) is 7.60. The molecule has 1 saturated carbocycles. The number of hydrogen-bond donors (Lipinski definition) is 1. The third-order valence-corrected chi connectivity index (χ3v) is 6.16. The van der Waals surface area contributed by atoms with Crippen LogP contribution in [0.25, 0.3) is 11.0 Å². The lowest BCUT2D eigenvalue weighted by molar-refractivity contribution is -0.118. The van der Waals surface area contributed by atoms with Gasteiger partial charge in [0.2, 0.25) is 5.91 Å². The van der Waals surface area contributed by atoms with Gasteiger partial charge in [-0.2, -0.15) is 0 Å². The van der Waals surface area contributed by atoms with Crippen LogP contribution in [0.3, 0.4) is 0 Å². The van der Waals surface area contributed by atoms with Crippen molar-refractivity contribution in [1.29, 1.82) is 0 Å². The Morgan fingerprint density at radius 1 is 1.36 bits per heavy atom. The molecule has 2 heterocycles. The minimum atomic E-state index is -0.404. The van der Waals surface area contributed by atoms with Gasteiger partial charge < -0.3 is 14.7 Å². The van der Waals surface area contributed by atoms with Gasteiger partial charge in [-0.25, -0.2) is 4.79 Å². The molecule has 1 aromatic carbocycles. The Morgan fingerprint density at radius 3 is 2.86 bits per heavy atom. The van der Waals surface area contributed by atoms with Crippen molar-refractivity contribution in [2.75, 3.05) is 0 Å². The van der Waals surface area contributed by atoms with Gasteiger partial charge in [-0.15, -0.1) is 10.2 Å². The van der Waals surface area contributed by atoms with E-state index in [4.69, 9.17) is 21.8 Å². The van der Waals surface area contributed by atoms with Gasteiger partial charge in [-0.1, -0.05) is 23.4 Å². The van der Waals surface area contributed by atoms with Crippen LogP contribution in [0.15, 0.2) is 32.6 Å². The van der Waals surface area contributed by atoms with Crippen LogP contribution in [0.1, 0.15) is 42.1 Å². The second-order valence-corrected chi connectivity index (χ2v) is 8.31. The average molecular weight is 419 g/mol. The number of thioether (sulfide) groups is 1. The highest BCUT2D eigenvalue weighted by atomic mass is 35.5. The van der Waals surface area contributed by atoms with Crippen LogP contribution in [0.2, 0.25) is 5.02 Å². The van der Waals surface area contributed by atoms with Crippen molar-refractivity contribution >= 4 is 40.2 Å². The van der Waals surface area contributed by atoms with Crippen LogP contribution in [0.5, 0.6) is 0 Å². The lowest BCUT2D eigenvalue weighted by Gasteiger charge is -2.10. The number of benzene rings is 1. The summed E-state index contributed by atoms with van der Waals surface area (Å²) in [6, 6.07) is 5.07. The highest BCUT2D eigenvalue weighted by molar-refractivity contribution is 7.98. The lowest BCUT2D eigenvalue weighted by atomic mass is 10.1. The van der Waals surface area contributed by atoms with Crippen molar-refractivity contribution in [2.45, 2.75) is 49.6 Å². The third-order valence-electron chi connectivity index (χ3n) is 4.74. The Bertz CT molecular complexity index is 1120. The standard InChI is InChI=1S/C19H19ClN4O3S/c1-10-6-15-13(8-14(10)20)12(7-17(26)27-15)9-28-19-23-22-18(11-2-3-11)24(19)5-4-16(21)25/h6-8,11H,2-5,9H2,1H3,(H2,21,25). The van der Waals surface area contributed by atoms with Crippen LogP contribution >= 0.6 is 23.4 Å². The molecule has 0 radical (unpaired) electrons. The highest BCUT2D eigenvalue weighted by Gasteiger charge is 2.30. The molecule has 0 unspecified atom stereocenters. The van der Waals surface area contributed by atoms with E-state index < -0.39 is 5.63 Å². The highest BCUT2D eigenvalue weighted by Crippen LogP contribution is 2.40. The monoisotopic (exact) mass is 418 g/mol. The molecule has 2 N–H and O–H groups in total. The first-order chi connectivity index (χ1) is 13.4. The number of aromatic nitrogens is 3. The number of aryl methyl sites for hydroxylation is 1. The number of hydrogen-bond acceptors (Lipinski definition) is 6. The second-order valence-electron chi connectivity index (χ2n) is 6.96. The Kier molecular flexibility index (Phi) is 5.16. The third kappa shape index (κ3) is 3.93. The molecule has 28 heavy (non-hydrogen) atoms. The Morgan fingerprint density at radius 2 is 2.14 bits per heavy atom. The fourth-order valence-corrected chi connectivity index (χ4v) is 4.22. The summed E-state index contributed by atoms with van der Waals surface area (Å²) in [5, 5.41) is 10.7. The molecular formula is C19H19ClN4O3S. The van der Waals surface area contributed by atoms with Gasteiger partial charge in [-0.05, 0) is 43.0 Å². The Hall–Kier alpha value is -2.32. The molecule has 0 bridgehead atoms. The van der Waals surface area contributed by atoms with Gasteiger partial charge in [0.1, 0.15) is 11.4 Å². The fourth-order valence-electron chi connectivity index (χ4n) is 3.09. The van der Waals surface area contributed by atoms with Gasteiger partial charge in [0, 0.05) is 41.1 Å². The van der Waals surface area contributed by atoms with Gasteiger partial charge in [0.25, 0.3) is 0 Å². The van der Waals surface area contributed by atoms with Crippen molar-refractivity contribution in [3.63, 3.8) is 0 Å². The van der Waals surface area contributed by atoms with Crippen LogP contribution in [-0.4, -0.2) is 20.7 Å². The van der Waals surface area contributed by atoms with Crippen LogP contribution in [0, 0.1) is 6.92 Å². The number of fused-ring (bicyclic) bond motifs is 1. The molecule has 0 atom stereocenters. The zero-order valence-corrected chi connectivity index (χ0v) is 16.8. The van der Waals surface area contributed by atoms with E-state index in [0.29, 0.717) is 34.0 Å². The van der Waals surface area contributed by atoms with E-state index in [9.17, 15) is 9.59 Å². The van der Waals surface area contributed by atoms with E-state index >= 15 is 0 Å². The van der Waals surface area contributed by atoms with E-state index in [1.807, 2.05) is 17.6 Å². The summed E-state index contributed by atoms with van der Waals surface area (Å²) in [4.78, 5) is 23.2. The van der Waals surface area contributed by atoms with Crippen molar-refractivity contribution < 1.29 is 9.21 Å². The summed E-state index contributed by atoms with van der Waals surface area (Å²) >= 11 is 7.73. The number of carbonyl (C=O) groups excluding carboxylic acids is 1. The van der Waals surface area contributed by atoms with E-state index in [2.05, 4.69) is 10.2 Å². The first-order valence-corrected chi connectivity index (χ1v) is 10.4. The predicted molar refractivity (Wildman–Crippen MR) is 108 cm³/mol. The molecule has 146 valence electrons. The topological polar surface area (TPSA) is 104 Å². The van der Waals surface area contributed by atoms with Gasteiger partial charge in [0.15, 0.2) is 5.16 Å².